The molecule has 1 N–H and O–H groups in total. The summed E-state index contributed by atoms with van der Waals surface area (Å²) in [6.07, 6.45) is 4.51. The average Bonchev–Trinajstić information content (AvgIpc) is 3.29. The smallest absolute Gasteiger partial charge is 0.264 e. The number of carbonyl (C=O) groups excluding carboxylic acids is 1. The number of sulfonamides is 1. The molecule has 0 aromatic heterocycles. The summed E-state index contributed by atoms with van der Waals surface area (Å²) in [5.41, 5.74) is 0.343. The molecular weight excluding hydrogens is 431 g/mol. The standard InChI is InChI=1S/C21H22Cl2N2O3S/c22-16-6-8-19(9-7-16)29(27,28)25(18-3-1-2-17(23)12-18)13-21(26)24-20-11-14-4-5-15(20)10-14/h1-3,6-9,12,14-15,20H,4-5,10-11,13H2,(H,24,26)/t14-,15+,20+/m1/s1. The number of amides is 1. The molecule has 3 atom stereocenters. The second kappa shape index (κ2) is 8.17. The van der Waals surface area contributed by atoms with Gasteiger partial charge in [-0.15, -0.1) is 0 Å². The molecule has 0 aliphatic heterocycles. The van der Waals surface area contributed by atoms with Gasteiger partial charge in [-0.2, -0.15) is 0 Å². The van der Waals surface area contributed by atoms with Crippen molar-refractivity contribution in [3.63, 3.8) is 0 Å². The van der Waals surface area contributed by atoms with Crippen LogP contribution in [0.25, 0.3) is 0 Å². The number of hydrogen-bond donors (Lipinski definition) is 1. The van der Waals surface area contributed by atoms with Crippen LogP contribution in [0.1, 0.15) is 25.7 Å². The molecule has 2 aromatic rings. The number of hydrogen-bond acceptors (Lipinski definition) is 3. The molecule has 0 radical (unpaired) electrons. The molecule has 0 heterocycles. The largest absolute Gasteiger partial charge is 0.352 e. The molecule has 4 rings (SSSR count). The second-order valence-electron chi connectivity index (χ2n) is 7.79. The second-order valence-corrected chi connectivity index (χ2v) is 10.5. The first kappa shape index (κ1) is 20.5. The number of anilines is 1. The molecule has 0 saturated heterocycles. The Kier molecular flexibility index (Phi) is 5.78. The van der Waals surface area contributed by atoms with Crippen molar-refractivity contribution in [1.82, 2.24) is 5.32 Å². The van der Waals surface area contributed by atoms with E-state index in [0.29, 0.717) is 27.6 Å². The van der Waals surface area contributed by atoms with Crippen molar-refractivity contribution < 1.29 is 13.2 Å². The van der Waals surface area contributed by atoms with Crippen molar-refractivity contribution in [2.24, 2.45) is 11.8 Å². The van der Waals surface area contributed by atoms with E-state index < -0.39 is 10.0 Å². The first-order valence-corrected chi connectivity index (χ1v) is 11.9. The molecule has 2 fully saturated rings. The fourth-order valence-electron chi connectivity index (χ4n) is 4.48. The quantitative estimate of drug-likeness (QED) is 0.701. The Balaban J connectivity index is 1.60. The van der Waals surface area contributed by atoms with Crippen LogP contribution in [0.15, 0.2) is 53.4 Å². The zero-order valence-electron chi connectivity index (χ0n) is 15.7. The van der Waals surface area contributed by atoms with Crippen molar-refractivity contribution in [3.8, 4) is 0 Å². The van der Waals surface area contributed by atoms with Crippen LogP contribution in [0.2, 0.25) is 10.0 Å². The lowest BCUT2D eigenvalue weighted by atomic mass is 9.95. The highest BCUT2D eigenvalue weighted by molar-refractivity contribution is 7.92. The van der Waals surface area contributed by atoms with Crippen LogP contribution < -0.4 is 9.62 Å². The van der Waals surface area contributed by atoms with Gasteiger partial charge in [0.05, 0.1) is 10.6 Å². The SMILES string of the molecule is O=C(CN(c1cccc(Cl)c1)S(=O)(=O)c1ccc(Cl)cc1)N[C@H]1C[C@@H]2CC[C@H]1C2. The van der Waals surface area contributed by atoms with Crippen LogP contribution >= 0.6 is 23.2 Å². The van der Waals surface area contributed by atoms with Gasteiger partial charge in [-0.3, -0.25) is 9.10 Å². The third-order valence-corrected chi connectivity index (χ3v) is 8.14. The van der Waals surface area contributed by atoms with Crippen LogP contribution in [0.4, 0.5) is 5.69 Å². The molecule has 2 aromatic carbocycles. The zero-order chi connectivity index (χ0) is 20.6. The first-order chi connectivity index (χ1) is 13.8. The Morgan fingerprint density at radius 1 is 1.03 bits per heavy atom. The Labute approximate surface area is 181 Å². The molecule has 2 bridgehead atoms. The van der Waals surface area contributed by atoms with Gasteiger partial charge < -0.3 is 5.32 Å². The molecule has 0 spiro atoms. The van der Waals surface area contributed by atoms with E-state index in [2.05, 4.69) is 5.32 Å². The van der Waals surface area contributed by atoms with Gasteiger partial charge in [-0.05, 0) is 73.6 Å². The number of fused-ring (bicyclic) bond motifs is 2. The van der Waals surface area contributed by atoms with Gasteiger partial charge in [-0.1, -0.05) is 35.7 Å². The average molecular weight is 453 g/mol. The van der Waals surface area contributed by atoms with E-state index in [9.17, 15) is 13.2 Å². The number of carbonyl (C=O) groups is 1. The maximum atomic E-state index is 13.3. The van der Waals surface area contributed by atoms with Gasteiger partial charge in [0.1, 0.15) is 6.54 Å². The van der Waals surface area contributed by atoms with Crippen LogP contribution in [0.5, 0.6) is 0 Å². The Morgan fingerprint density at radius 3 is 2.41 bits per heavy atom. The van der Waals surface area contributed by atoms with E-state index >= 15 is 0 Å². The van der Waals surface area contributed by atoms with Crippen LogP contribution in [-0.2, 0) is 14.8 Å². The van der Waals surface area contributed by atoms with Crippen molar-refractivity contribution >= 4 is 44.8 Å². The normalized spacial score (nSPS) is 23.2. The minimum atomic E-state index is -3.97. The minimum Gasteiger partial charge on any atom is -0.352 e. The third-order valence-electron chi connectivity index (χ3n) is 5.87. The zero-order valence-corrected chi connectivity index (χ0v) is 18.1. The monoisotopic (exact) mass is 452 g/mol. The number of benzene rings is 2. The first-order valence-electron chi connectivity index (χ1n) is 9.66. The van der Waals surface area contributed by atoms with E-state index in [0.717, 1.165) is 23.6 Å². The Bertz CT molecular complexity index is 1010. The predicted molar refractivity (Wildman–Crippen MR) is 115 cm³/mol. The Morgan fingerprint density at radius 2 is 1.79 bits per heavy atom. The van der Waals surface area contributed by atoms with Crippen molar-refractivity contribution in [3.05, 3.63) is 58.6 Å². The lowest BCUT2D eigenvalue weighted by Crippen LogP contribution is -2.46. The van der Waals surface area contributed by atoms with Crippen molar-refractivity contribution in [1.29, 1.82) is 0 Å². The topological polar surface area (TPSA) is 66.5 Å². The molecule has 1 amide bonds. The van der Waals surface area contributed by atoms with Crippen molar-refractivity contribution in [2.45, 2.75) is 36.6 Å². The summed E-state index contributed by atoms with van der Waals surface area (Å²) in [5, 5.41) is 3.89. The summed E-state index contributed by atoms with van der Waals surface area (Å²) in [6.45, 7) is -0.306. The summed E-state index contributed by atoms with van der Waals surface area (Å²) >= 11 is 12.0. The molecule has 2 saturated carbocycles. The lowest BCUT2D eigenvalue weighted by Gasteiger charge is -2.27. The summed E-state index contributed by atoms with van der Waals surface area (Å²) in [7, 11) is -3.97. The molecule has 154 valence electrons. The summed E-state index contributed by atoms with van der Waals surface area (Å²) in [4.78, 5) is 12.9. The highest BCUT2D eigenvalue weighted by atomic mass is 35.5. The van der Waals surface area contributed by atoms with Crippen LogP contribution in [0.3, 0.4) is 0 Å². The van der Waals surface area contributed by atoms with Crippen LogP contribution in [0, 0.1) is 11.8 Å². The highest BCUT2D eigenvalue weighted by Crippen LogP contribution is 2.44. The van der Waals surface area contributed by atoms with Gasteiger partial charge in [0.25, 0.3) is 10.0 Å². The molecule has 2 aliphatic carbocycles. The van der Waals surface area contributed by atoms with Gasteiger partial charge in [0.15, 0.2) is 0 Å². The minimum absolute atomic E-state index is 0.0644. The summed E-state index contributed by atoms with van der Waals surface area (Å²) in [6, 6.07) is 12.5. The fraction of sp³-hybridized carbons (Fsp3) is 0.381. The lowest BCUT2D eigenvalue weighted by molar-refractivity contribution is -0.120. The predicted octanol–water partition coefficient (Wildman–Crippen LogP) is 4.49. The maximum Gasteiger partial charge on any atom is 0.264 e. The van der Waals surface area contributed by atoms with Gasteiger partial charge in [-0.25, -0.2) is 8.42 Å². The summed E-state index contributed by atoms with van der Waals surface area (Å²) < 4.78 is 27.7. The van der Waals surface area contributed by atoms with Gasteiger partial charge in [0, 0.05) is 16.1 Å². The number of nitrogens with one attached hydrogen (secondary N) is 1. The van der Waals surface area contributed by atoms with Gasteiger partial charge >= 0.3 is 0 Å². The molecule has 0 unspecified atom stereocenters. The number of halogens is 2. The maximum absolute atomic E-state index is 13.3. The third kappa shape index (κ3) is 4.39. The molecular formula is C21H22Cl2N2O3S. The molecule has 8 heteroatoms. The number of rotatable bonds is 6. The van der Waals surface area contributed by atoms with Crippen LogP contribution in [-0.4, -0.2) is 26.9 Å². The highest BCUT2D eigenvalue weighted by Gasteiger charge is 2.40. The van der Waals surface area contributed by atoms with E-state index in [1.807, 2.05) is 0 Å². The van der Waals surface area contributed by atoms with E-state index in [1.54, 1.807) is 24.3 Å². The van der Waals surface area contributed by atoms with E-state index in [-0.39, 0.29) is 23.4 Å². The summed E-state index contributed by atoms with van der Waals surface area (Å²) in [5.74, 6) is 0.892. The van der Waals surface area contributed by atoms with Gasteiger partial charge in [0.2, 0.25) is 5.91 Å². The molecule has 2 aliphatic rings. The van der Waals surface area contributed by atoms with E-state index in [4.69, 9.17) is 23.2 Å². The van der Waals surface area contributed by atoms with E-state index in [1.165, 1.54) is 30.7 Å². The van der Waals surface area contributed by atoms with Crippen molar-refractivity contribution in [2.75, 3.05) is 10.8 Å². The Hall–Kier alpha value is -1.76. The fourth-order valence-corrected chi connectivity index (χ4v) is 6.21. The number of nitrogens with zero attached hydrogens (tertiary/aromatic N) is 1. The molecule has 5 nitrogen and oxygen atoms in total. The molecule has 29 heavy (non-hydrogen) atoms.